The van der Waals surface area contributed by atoms with E-state index in [4.69, 9.17) is 10.8 Å². The zero-order chi connectivity index (χ0) is 14.3. The Morgan fingerprint density at radius 2 is 2.00 bits per heavy atom. The molecule has 1 aliphatic carbocycles. The van der Waals surface area contributed by atoms with E-state index >= 15 is 0 Å². The van der Waals surface area contributed by atoms with Crippen LogP contribution in [0.2, 0.25) is 0 Å². The summed E-state index contributed by atoms with van der Waals surface area (Å²) in [6.45, 7) is 3.94. The molecule has 112 valence electrons. The van der Waals surface area contributed by atoms with E-state index in [1.54, 1.807) is 0 Å². The first kappa shape index (κ1) is 16.4. The van der Waals surface area contributed by atoms with Crippen LogP contribution in [0.1, 0.15) is 58.3 Å². The molecule has 0 heterocycles. The van der Waals surface area contributed by atoms with Gasteiger partial charge in [0.05, 0.1) is 0 Å². The number of nitrogens with two attached hydrogens (primary N) is 1. The van der Waals surface area contributed by atoms with E-state index in [0.717, 1.165) is 25.4 Å². The molecule has 1 unspecified atom stereocenters. The van der Waals surface area contributed by atoms with Gasteiger partial charge in [-0.15, -0.1) is 0 Å². The Bertz CT molecular complexity index is 277. The molecule has 1 rings (SSSR count). The fraction of sp³-hybridized carbons (Fsp3) is 0.933. The van der Waals surface area contributed by atoms with Crippen LogP contribution in [0, 0.1) is 5.92 Å². The standard InChI is InChI=1S/C15H30N2O2/c1-3-15(16,14(18)19)10-7-11-17(2)12-13-8-5-4-6-9-13/h13H,3-12,16H2,1-2H3,(H,18,19). The molecular weight excluding hydrogens is 240 g/mol. The number of carboxylic acids is 1. The predicted molar refractivity (Wildman–Crippen MR) is 78.2 cm³/mol. The van der Waals surface area contributed by atoms with E-state index in [0.29, 0.717) is 12.8 Å². The van der Waals surface area contributed by atoms with Gasteiger partial charge in [-0.3, -0.25) is 4.79 Å². The quantitative estimate of drug-likeness (QED) is 0.711. The lowest BCUT2D eigenvalue weighted by Gasteiger charge is -2.28. The Hall–Kier alpha value is -0.610. The van der Waals surface area contributed by atoms with Gasteiger partial charge >= 0.3 is 5.97 Å². The number of carbonyl (C=O) groups is 1. The number of hydrogen-bond donors (Lipinski definition) is 2. The third-order valence-corrected chi connectivity index (χ3v) is 4.51. The van der Waals surface area contributed by atoms with Crippen LogP contribution < -0.4 is 5.73 Å². The molecule has 0 aromatic heterocycles. The van der Waals surface area contributed by atoms with Crippen LogP contribution >= 0.6 is 0 Å². The van der Waals surface area contributed by atoms with E-state index < -0.39 is 11.5 Å². The molecule has 4 heteroatoms. The first-order chi connectivity index (χ1) is 8.98. The Morgan fingerprint density at radius 1 is 1.37 bits per heavy atom. The van der Waals surface area contributed by atoms with Crippen molar-refractivity contribution in [3.8, 4) is 0 Å². The molecule has 1 fully saturated rings. The van der Waals surface area contributed by atoms with Gasteiger partial charge in [0.1, 0.15) is 5.54 Å². The average Bonchev–Trinajstić information content (AvgIpc) is 2.39. The van der Waals surface area contributed by atoms with Gasteiger partial charge in [-0.2, -0.15) is 0 Å². The van der Waals surface area contributed by atoms with Gasteiger partial charge in [0.25, 0.3) is 0 Å². The summed E-state index contributed by atoms with van der Waals surface area (Å²) in [5.74, 6) is -0.0306. The molecule has 0 aromatic carbocycles. The van der Waals surface area contributed by atoms with Crippen molar-refractivity contribution in [2.75, 3.05) is 20.1 Å². The Balaban J connectivity index is 2.22. The van der Waals surface area contributed by atoms with Crippen LogP contribution in [-0.2, 0) is 4.79 Å². The topological polar surface area (TPSA) is 66.6 Å². The van der Waals surface area contributed by atoms with Crippen molar-refractivity contribution in [3.63, 3.8) is 0 Å². The summed E-state index contributed by atoms with van der Waals surface area (Å²) >= 11 is 0. The number of rotatable bonds is 8. The highest BCUT2D eigenvalue weighted by atomic mass is 16.4. The van der Waals surface area contributed by atoms with Gasteiger partial charge in [-0.25, -0.2) is 0 Å². The van der Waals surface area contributed by atoms with Crippen LogP contribution in [0.4, 0.5) is 0 Å². The zero-order valence-corrected chi connectivity index (χ0v) is 12.5. The molecule has 19 heavy (non-hydrogen) atoms. The number of hydrogen-bond acceptors (Lipinski definition) is 3. The minimum absolute atomic E-state index is 0.495. The number of nitrogens with zero attached hydrogens (tertiary/aromatic N) is 1. The third-order valence-electron chi connectivity index (χ3n) is 4.51. The van der Waals surface area contributed by atoms with Crippen molar-refractivity contribution in [3.05, 3.63) is 0 Å². The summed E-state index contributed by atoms with van der Waals surface area (Å²) in [7, 11) is 2.14. The van der Waals surface area contributed by atoms with Crippen molar-refractivity contribution < 1.29 is 9.90 Å². The largest absolute Gasteiger partial charge is 0.480 e. The fourth-order valence-electron chi connectivity index (χ4n) is 3.00. The first-order valence-electron chi connectivity index (χ1n) is 7.69. The molecule has 3 N–H and O–H groups in total. The van der Waals surface area contributed by atoms with Crippen molar-refractivity contribution in [2.24, 2.45) is 11.7 Å². The lowest BCUT2D eigenvalue weighted by atomic mass is 9.88. The highest BCUT2D eigenvalue weighted by Crippen LogP contribution is 2.24. The summed E-state index contributed by atoms with van der Waals surface area (Å²) in [5.41, 5.74) is 4.86. The minimum atomic E-state index is -1.04. The van der Waals surface area contributed by atoms with Crippen molar-refractivity contribution in [1.29, 1.82) is 0 Å². The van der Waals surface area contributed by atoms with Crippen LogP contribution in [-0.4, -0.2) is 41.7 Å². The molecule has 0 saturated heterocycles. The smallest absolute Gasteiger partial charge is 0.323 e. The maximum absolute atomic E-state index is 11.1. The molecule has 0 aliphatic heterocycles. The molecule has 1 saturated carbocycles. The number of carboxylic acid groups (broad SMARTS) is 1. The van der Waals surface area contributed by atoms with Gasteiger partial charge in [0, 0.05) is 6.54 Å². The highest BCUT2D eigenvalue weighted by molar-refractivity contribution is 5.78. The second kappa shape index (κ2) is 7.85. The molecule has 0 radical (unpaired) electrons. The van der Waals surface area contributed by atoms with E-state index in [9.17, 15) is 4.79 Å². The number of aliphatic carboxylic acids is 1. The van der Waals surface area contributed by atoms with Gasteiger partial charge in [-0.05, 0) is 51.6 Å². The molecule has 1 aliphatic rings. The van der Waals surface area contributed by atoms with Crippen molar-refractivity contribution in [1.82, 2.24) is 4.90 Å². The maximum Gasteiger partial charge on any atom is 0.323 e. The van der Waals surface area contributed by atoms with E-state index in [1.165, 1.54) is 32.1 Å². The SMILES string of the molecule is CCC(N)(CCCN(C)CC1CCCCC1)C(=O)O. The van der Waals surface area contributed by atoms with Gasteiger partial charge < -0.3 is 15.7 Å². The molecular formula is C15H30N2O2. The summed E-state index contributed by atoms with van der Waals surface area (Å²) in [4.78, 5) is 13.4. The van der Waals surface area contributed by atoms with Crippen molar-refractivity contribution in [2.45, 2.75) is 63.8 Å². The van der Waals surface area contributed by atoms with Crippen LogP contribution in [0.3, 0.4) is 0 Å². The summed E-state index contributed by atoms with van der Waals surface area (Å²) in [6, 6.07) is 0. The van der Waals surface area contributed by atoms with E-state index in [2.05, 4.69) is 11.9 Å². The molecule has 1 atom stereocenters. The third kappa shape index (κ3) is 5.49. The lowest BCUT2D eigenvalue weighted by Crippen LogP contribution is -2.47. The van der Waals surface area contributed by atoms with Gasteiger partial charge in [-0.1, -0.05) is 26.2 Å². The summed E-state index contributed by atoms with van der Waals surface area (Å²) in [6.07, 6.45) is 8.77. The van der Waals surface area contributed by atoms with Crippen LogP contribution in [0.15, 0.2) is 0 Å². The Labute approximate surface area is 117 Å². The average molecular weight is 270 g/mol. The second-order valence-corrected chi connectivity index (χ2v) is 6.18. The summed E-state index contributed by atoms with van der Waals surface area (Å²) < 4.78 is 0. The molecule has 0 amide bonds. The van der Waals surface area contributed by atoms with Crippen LogP contribution in [0.25, 0.3) is 0 Å². The van der Waals surface area contributed by atoms with Gasteiger partial charge in [0.15, 0.2) is 0 Å². The highest BCUT2D eigenvalue weighted by Gasteiger charge is 2.31. The van der Waals surface area contributed by atoms with Gasteiger partial charge in [0.2, 0.25) is 0 Å². The predicted octanol–water partition coefficient (Wildman–Crippen LogP) is 2.47. The lowest BCUT2D eigenvalue weighted by molar-refractivity contribution is -0.143. The molecule has 0 spiro atoms. The first-order valence-corrected chi connectivity index (χ1v) is 7.69. The normalized spacial score (nSPS) is 20.4. The van der Waals surface area contributed by atoms with Crippen molar-refractivity contribution >= 4 is 5.97 Å². The fourth-order valence-corrected chi connectivity index (χ4v) is 3.00. The van der Waals surface area contributed by atoms with Crippen LogP contribution in [0.5, 0.6) is 0 Å². The minimum Gasteiger partial charge on any atom is -0.480 e. The molecule has 0 aromatic rings. The molecule has 4 nitrogen and oxygen atoms in total. The zero-order valence-electron chi connectivity index (χ0n) is 12.5. The summed E-state index contributed by atoms with van der Waals surface area (Å²) in [5, 5.41) is 9.12. The monoisotopic (exact) mass is 270 g/mol. The van der Waals surface area contributed by atoms with E-state index in [1.807, 2.05) is 6.92 Å². The Morgan fingerprint density at radius 3 is 2.53 bits per heavy atom. The maximum atomic E-state index is 11.1. The second-order valence-electron chi connectivity index (χ2n) is 6.18. The van der Waals surface area contributed by atoms with E-state index in [-0.39, 0.29) is 0 Å². The Kier molecular flexibility index (Phi) is 6.80. The molecule has 0 bridgehead atoms.